The van der Waals surface area contributed by atoms with Gasteiger partial charge in [-0.3, -0.25) is 0 Å². The Morgan fingerprint density at radius 1 is 1.12 bits per heavy atom. The largest absolute Gasteiger partial charge is 0.387 e. The van der Waals surface area contributed by atoms with Crippen LogP contribution in [0.1, 0.15) is 17.2 Å². The molecule has 0 aliphatic carbocycles. The summed E-state index contributed by atoms with van der Waals surface area (Å²) in [5.41, 5.74) is 2.64. The van der Waals surface area contributed by atoms with Crippen molar-refractivity contribution in [2.75, 3.05) is 11.9 Å². The van der Waals surface area contributed by atoms with Gasteiger partial charge < -0.3 is 10.4 Å². The van der Waals surface area contributed by atoms with Crippen LogP contribution < -0.4 is 5.32 Å². The summed E-state index contributed by atoms with van der Waals surface area (Å²) in [6.07, 6.45) is 2.22. The van der Waals surface area contributed by atoms with Crippen molar-refractivity contribution in [3.8, 4) is 11.3 Å². The van der Waals surface area contributed by atoms with Crippen molar-refractivity contribution in [3.63, 3.8) is 0 Å². The van der Waals surface area contributed by atoms with Crippen molar-refractivity contribution < 1.29 is 9.50 Å². The SMILES string of the molecule is Cc1cc(-c2cc(NC[C@H](O)c3ccccc3)ncn2)cnc1F. The smallest absolute Gasteiger partial charge is 0.215 e. The molecule has 1 atom stereocenters. The maximum Gasteiger partial charge on any atom is 0.215 e. The first-order valence-electron chi connectivity index (χ1n) is 7.55. The molecule has 0 unspecified atom stereocenters. The maximum absolute atomic E-state index is 13.3. The molecule has 0 fully saturated rings. The molecule has 0 radical (unpaired) electrons. The van der Waals surface area contributed by atoms with Crippen molar-refractivity contribution >= 4 is 5.82 Å². The Morgan fingerprint density at radius 3 is 2.67 bits per heavy atom. The summed E-state index contributed by atoms with van der Waals surface area (Å²) in [6.45, 7) is 1.98. The summed E-state index contributed by atoms with van der Waals surface area (Å²) in [6, 6.07) is 12.8. The number of nitrogens with one attached hydrogen (secondary N) is 1. The van der Waals surface area contributed by atoms with Gasteiger partial charge in [0.05, 0.1) is 11.8 Å². The number of anilines is 1. The van der Waals surface area contributed by atoms with Gasteiger partial charge in [0.25, 0.3) is 0 Å². The van der Waals surface area contributed by atoms with Gasteiger partial charge in [0.2, 0.25) is 5.95 Å². The molecule has 0 amide bonds. The van der Waals surface area contributed by atoms with Gasteiger partial charge in [-0.1, -0.05) is 30.3 Å². The van der Waals surface area contributed by atoms with E-state index in [4.69, 9.17) is 0 Å². The molecule has 3 rings (SSSR count). The average molecular weight is 324 g/mol. The molecular formula is C18H17FN4O. The number of benzene rings is 1. The van der Waals surface area contributed by atoms with E-state index in [1.54, 1.807) is 19.1 Å². The molecule has 5 nitrogen and oxygen atoms in total. The van der Waals surface area contributed by atoms with E-state index in [9.17, 15) is 9.50 Å². The number of aliphatic hydroxyl groups excluding tert-OH is 1. The Bertz CT molecular complexity index is 826. The topological polar surface area (TPSA) is 70.9 Å². The van der Waals surface area contributed by atoms with E-state index >= 15 is 0 Å². The van der Waals surface area contributed by atoms with Crippen LogP contribution in [-0.2, 0) is 0 Å². The number of hydrogen-bond donors (Lipinski definition) is 2. The second-order valence-corrected chi connectivity index (χ2v) is 5.43. The van der Waals surface area contributed by atoms with Crippen molar-refractivity contribution in [1.82, 2.24) is 15.0 Å². The quantitative estimate of drug-likeness (QED) is 0.706. The maximum atomic E-state index is 13.3. The summed E-state index contributed by atoms with van der Waals surface area (Å²) < 4.78 is 13.3. The zero-order valence-corrected chi connectivity index (χ0v) is 13.1. The van der Waals surface area contributed by atoms with Crippen LogP contribution in [0.5, 0.6) is 0 Å². The van der Waals surface area contributed by atoms with Crippen LogP contribution in [0, 0.1) is 12.9 Å². The predicted molar refractivity (Wildman–Crippen MR) is 89.8 cm³/mol. The number of hydrogen-bond acceptors (Lipinski definition) is 5. The first-order valence-corrected chi connectivity index (χ1v) is 7.55. The van der Waals surface area contributed by atoms with Gasteiger partial charge in [0.1, 0.15) is 12.1 Å². The Kier molecular flexibility index (Phi) is 4.77. The lowest BCUT2D eigenvalue weighted by Crippen LogP contribution is -2.13. The number of aromatic nitrogens is 3. The van der Waals surface area contributed by atoms with Gasteiger partial charge >= 0.3 is 0 Å². The summed E-state index contributed by atoms with van der Waals surface area (Å²) >= 11 is 0. The van der Waals surface area contributed by atoms with Crippen molar-refractivity contribution in [3.05, 3.63) is 72.1 Å². The van der Waals surface area contributed by atoms with E-state index in [0.717, 1.165) is 5.56 Å². The Hall–Kier alpha value is -2.86. The molecular weight excluding hydrogens is 307 g/mol. The van der Waals surface area contributed by atoms with Gasteiger partial charge in [-0.15, -0.1) is 0 Å². The van der Waals surface area contributed by atoms with Gasteiger partial charge in [0.15, 0.2) is 0 Å². The van der Waals surface area contributed by atoms with Crippen molar-refractivity contribution in [2.24, 2.45) is 0 Å². The number of aryl methyl sites for hydroxylation is 1. The van der Waals surface area contributed by atoms with Gasteiger partial charge in [-0.25, -0.2) is 15.0 Å². The third-order valence-corrected chi connectivity index (χ3v) is 3.64. The molecule has 24 heavy (non-hydrogen) atoms. The predicted octanol–water partition coefficient (Wildman–Crippen LogP) is 3.13. The molecule has 1 aromatic carbocycles. The van der Waals surface area contributed by atoms with Crippen LogP contribution >= 0.6 is 0 Å². The number of halogens is 1. The molecule has 0 spiro atoms. The van der Waals surface area contributed by atoms with Crippen molar-refractivity contribution in [2.45, 2.75) is 13.0 Å². The van der Waals surface area contributed by atoms with Crippen LogP contribution in [0.4, 0.5) is 10.2 Å². The minimum Gasteiger partial charge on any atom is -0.387 e. The van der Waals surface area contributed by atoms with Crippen LogP contribution in [0.15, 0.2) is 55.0 Å². The summed E-state index contributed by atoms with van der Waals surface area (Å²) in [7, 11) is 0. The Morgan fingerprint density at radius 2 is 1.92 bits per heavy atom. The number of nitrogens with zero attached hydrogens (tertiary/aromatic N) is 3. The van der Waals surface area contributed by atoms with Crippen LogP contribution in [0.2, 0.25) is 0 Å². The fourth-order valence-corrected chi connectivity index (χ4v) is 2.30. The number of pyridine rings is 1. The van der Waals surface area contributed by atoms with Crippen LogP contribution in [-0.4, -0.2) is 26.6 Å². The standard InChI is InChI=1S/C18H17FN4O/c1-12-7-14(9-21-18(12)19)15-8-17(23-11-22-15)20-10-16(24)13-5-3-2-4-6-13/h2-9,11,16,24H,10H2,1H3,(H,20,22,23)/t16-/m0/s1. The third-order valence-electron chi connectivity index (χ3n) is 3.64. The molecule has 0 aliphatic rings. The molecule has 2 N–H and O–H groups in total. The van der Waals surface area contributed by atoms with Gasteiger partial charge in [-0.2, -0.15) is 4.39 Å². The molecule has 0 saturated heterocycles. The highest BCUT2D eigenvalue weighted by atomic mass is 19.1. The summed E-state index contributed by atoms with van der Waals surface area (Å²) in [5.74, 6) is 0.0918. The molecule has 122 valence electrons. The first-order chi connectivity index (χ1) is 11.6. The molecule has 3 aromatic rings. The zero-order chi connectivity index (χ0) is 16.9. The highest BCUT2D eigenvalue weighted by molar-refractivity contribution is 5.61. The van der Waals surface area contributed by atoms with Crippen LogP contribution in [0.25, 0.3) is 11.3 Å². The fourth-order valence-electron chi connectivity index (χ4n) is 2.30. The van der Waals surface area contributed by atoms with E-state index in [0.29, 0.717) is 29.2 Å². The number of aliphatic hydroxyl groups is 1. The molecule has 2 heterocycles. The minimum atomic E-state index is -0.639. The van der Waals surface area contributed by atoms with Gasteiger partial charge in [0, 0.05) is 29.9 Å². The van der Waals surface area contributed by atoms with Gasteiger partial charge in [-0.05, 0) is 18.6 Å². The summed E-state index contributed by atoms with van der Waals surface area (Å²) in [4.78, 5) is 12.0. The highest BCUT2D eigenvalue weighted by Crippen LogP contribution is 2.20. The lowest BCUT2D eigenvalue weighted by Gasteiger charge is -2.13. The van der Waals surface area contributed by atoms with E-state index in [1.165, 1.54) is 12.5 Å². The second-order valence-electron chi connectivity index (χ2n) is 5.43. The minimum absolute atomic E-state index is 0.321. The lowest BCUT2D eigenvalue weighted by molar-refractivity contribution is 0.191. The molecule has 6 heteroatoms. The monoisotopic (exact) mass is 324 g/mol. The van der Waals surface area contributed by atoms with E-state index in [2.05, 4.69) is 20.3 Å². The van der Waals surface area contributed by atoms with E-state index in [1.807, 2.05) is 30.3 Å². The normalized spacial score (nSPS) is 12.0. The fraction of sp³-hybridized carbons (Fsp3) is 0.167. The Balaban J connectivity index is 1.72. The van der Waals surface area contributed by atoms with E-state index < -0.39 is 12.1 Å². The summed E-state index contributed by atoms with van der Waals surface area (Å²) in [5, 5.41) is 13.3. The molecule has 0 saturated carbocycles. The second kappa shape index (κ2) is 7.14. The molecule has 0 aliphatic heterocycles. The number of rotatable bonds is 5. The average Bonchev–Trinajstić information content (AvgIpc) is 2.63. The lowest BCUT2D eigenvalue weighted by atomic mass is 10.1. The van der Waals surface area contributed by atoms with E-state index in [-0.39, 0.29) is 0 Å². The molecule has 0 bridgehead atoms. The Labute approximate surface area is 139 Å². The molecule has 2 aromatic heterocycles. The van der Waals surface area contributed by atoms with Crippen molar-refractivity contribution in [1.29, 1.82) is 0 Å². The zero-order valence-electron chi connectivity index (χ0n) is 13.1. The van der Waals surface area contributed by atoms with Crippen LogP contribution in [0.3, 0.4) is 0 Å². The highest BCUT2D eigenvalue weighted by Gasteiger charge is 2.09. The first kappa shape index (κ1) is 16.0. The third kappa shape index (κ3) is 3.72.